The Hall–Kier alpha value is -1.43. The van der Waals surface area contributed by atoms with E-state index in [-0.39, 0.29) is 11.9 Å². The first-order valence-electron chi connectivity index (χ1n) is 6.96. The van der Waals surface area contributed by atoms with Crippen LogP contribution in [-0.4, -0.2) is 15.8 Å². The van der Waals surface area contributed by atoms with Crippen molar-refractivity contribution in [2.24, 2.45) is 12.9 Å². The molecule has 1 aromatic heterocycles. The highest BCUT2D eigenvalue weighted by molar-refractivity contribution is 6.31. The van der Waals surface area contributed by atoms with Crippen molar-refractivity contribution in [1.29, 1.82) is 0 Å². The predicted octanol–water partition coefficient (Wildman–Crippen LogP) is 2.39. The van der Waals surface area contributed by atoms with Crippen LogP contribution >= 0.6 is 11.6 Å². The molecule has 0 amide bonds. The van der Waals surface area contributed by atoms with Crippen LogP contribution in [0.25, 0.3) is 0 Å². The van der Waals surface area contributed by atoms with E-state index in [2.05, 4.69) is 10.5 Å². The number of halogens is 2. The van der Waals surface area contributed by atoms with Crippen molar-refractivity contribution < 1.29 is 4.39 Å². The Morgan fingerprint density at radius 3 is 2.52 bits per heavy atom. The van der Waals surface area contributed by atoms with Crippen LogP contribution in [0, 0.1) is 5.82 Å². The van der Waals surface area contributed by atoms with Crippen LogP contribution in [0.4, 0.5) is 4.39 Å². The van der Waals surface area contributed by atoms with Crippen LogP contribution in [-0.2, 0) is 26.3 Å². The van der Waals surface area contributed by atoms with Crippen molar-refractivity contribution in [3.63, 3.8) is 0 Å². The summed E-state index contributed by atoms with van der Waals surface area (Å²) in [4.78, 5) is 0. The van der Waals surface area contributed by atoms with Gasteiger partial charge in [-0.1, -0.05) is 30.7 Å². The minimum absolute atomic E-state index is 0.00747. The maximum Gasteiger partial charge on any atom is 0.123 e. The number of hydrogen-bond donors (Lipinski definition) is 2. The molecule has 114 valence electrons. The molecule has 0 fully saturated rings. The molecule has 2 aromatic rings. The van der Waals surface area contributed by atoms with E-state index in [9.17, 15) is 4.39 Å². The second-order valence-electron chi connectivity index (χ2n) is 5.08. The van der Waals surface area contributed by atoms with Gasteiger partial charge in [0.2, 0.25) is 0 Å². The van der Waals surface area contributed by atoms with Crippen LogP contribution in [0.15, 0.2) is 24.3 Å². The van der Waals surface area contributed by atoms with Gasteiger partial charge >= 0.3 is 0 Å². The van der Waals surface area contributed by atoms with Crippen LogP contribution in [0.2, 0.25) is 5.02 Å². The summed E-state index contributed by atoms with van der Waals surface area (Å²) in [5.41, 5.74) is 5.68. The molecule has 0 spiro atoms. The van der Waals surface area contributed by atoms with Gasteiger partial charge < -0.3 is 0 Å². The molecule has 6 heteroatoms. The van der Waals surface area contributed by atoms with Crippen molar-refractivity contribution in [3.05, 3.63) is 52.1 Å². The van der Waals surface area contributed by atoms with Gasteiger partial charge in [-0.05, 0) is 30.5 Å². The molecule has 0 radical (unpaired) electrons. The minimum atomic E-state index is -0.238. The number of rotatable bonds is 6. The van der Waals surface area contributed by atoms with Gasteiger partial charge in [-0.15, -0.1) is 0 Å². The van der Waals surface area contributed by atoms with E-state index in [0.29, 0.717) is 17.9 Å². The number of nitrogens with one attached hydrogen (secondary N) is 1. The van der Waals surface area contributed by atoms with Gasteiger partial charge in [0.25, 0.3) is 0 Å². The molecule has 1 atom stereocenters. The quantitative estimate of drug-likeness (QED) is 0.636. The number of aryl methyl sites for hydroxylation is 2. The maximum atomic E-state index is 12.9. The lowest BCUT2D eigenvalue weighted by Crippen LogP contribution is -2.39. The van der Waals surface area contributed by atoms with E-state index in [4.69, 9.17) is 17.4 Å². The number of hydrogen-bond acceptors (Lipinski definition) is 3. The van der Waals surface area contributed by atoms with E-state index in [1.807, 2.05) is 14.0 Å². The zero-order valence-corrected chi connectivity index (χ0v) is 13.0. The van der Waals surface area contributed by atoms with Crippen molar-refractivity contribution in [2.75, 3.05) is 0 Å². The van der Waals surface area contributed by atoms with Gasteiger partial charge in [-0.2, -0.15) is 5.10 Å². The Balaban J connectivity index is 2.12. The molecule has 21 heavy (non-hydrogen) atoms. The second-order valence-corrected chi connectivity index (χ2v) is 5.46. The Bertz CT molecular complexity index is 594. The molecule has 0 aliphatic heterocycles. The van der Waals surface area contributed by atoms with Crippen LogP contribution in [0.1, 0.15) is 23.9 Å². The molecule has 1 heterocycles. The van der Waals surface area contributed by atoms with Crippen molar-refractivity contribution in [1.82, 2.24) is 15.2 Å². The standard InChI is InChI=1S/C15H20ClFN4/c1-3-13-15(16)14(21(2)20-13)9-12(19-18)8-10-4-6-11(17)7-5-10/h4-7,12,19H,3,8-9,18H2,1-2H3. The highest BCUT2D eigenvalue weighted by Crippen LogP contribution is 2.22. The molecule has 2 rings (SSSR count). The molecule has 3 N–H and O–H groups in total. The van der Waals surface area contributed by atoms with Gasteiger partial charge in [0.05, 0.1) is 16.4 Å². The van der Waals surface area contributed by atoms with Gasteiger partial charge in [0.15, 0.2) is 0 Å². The summed E-state index contributed by atoms with van der Waals surface area (Å²) >= 11 is 6.35. The van der Waals surface area contributed by atoms with E-state index in [0.717, 1.165) is 23.4 Å². The maximum absolute atomic E-state index is 12.9. The number of aromatic nitrogens is 2. The zero-order chi connectivity index (χ0) is 15.4. The highest BCUT2D eigenvalue weighted by Gasteiger charge is 2.17. The third-order valence-electron chi connectivity index (χ3n) is 3.57. The SMILES string of the molecule is CCc1nn(C)c(CC(Cc2ccc(F)cc2)NN)c1Cl. The van der Waals surface area contributed by atoms with Gasteiger partial charge in [-0.3, -0.25) is 16.0 Å². The molecular weight excluding hydrogens is 291 g/mol. The molecule has 0 aliphatic rings. The Morgan fingerprint density at radius 2 is 2.00 bits per heavy atom. The number of nitrogens with two attached hydrogens (primary N) is 1. The summed E-state index contributed by atoms with van der Waals surface area (Å²) in [6.45, 7) is 2.02. The summed E-state index contributed by atoms with van der Waals surface area (Å²) < 4.78 is 14.7. The van der Waals surface area contributed by atoms with Crippen molar-refractivity contribution in [2.45, 2.75) is 32.2 Å². The molecule has 0 saturated heterocycles. The number of hydrazine groups is 1. The molecule has 0 aliphatic carbocycles. The average molecular weight is 311 g/mol. The summed E-state index contributed by atoms with van der Waals surface area (Å²) in [5.74, 6) is 5.40. The topological polar surface area (TPSA) is 55.9 Å². The number of benzene rings is 1. The smallest absolute Gasteiger partial charge is 0.123 e. The fourth-order valence-corrected chi connectivity index (χ4v) is 2.74. The summed E-state index contributed by atoms with van der Waals surface area (Å²) in [6.07, 6.45) is 2.15. The van der Waals surface area contributed by atoms with Crippen LogP contribution in [0.3, 0.4) is 0 Å². The van der Waals surface area contributed by atoms with E-state index >= 15 is 0 Å². The van der Waals surface area contributed by atoms with Crippen molar-refractivity contribution in [3.8, 4) is 0 Å². The molecule has 0 bridgehead atoms. The predicted molar refractivity (Wildman–Crippen MR) is 82.5 cm³/mol. The van der Waals surface area contributed by atoms with E-state index in [1.165, 1.54) is 12.1 Å². The van der Waals surface area contributed by atoms with Gasteiger partial charge in [0.1, 0.15) is 5.82 Å². The first-order valence-corrected chi connectivity index (χ1v) is 7.33. The van der Waals surface area contributed by atoms with E-state index < -0.39 is 0 Å². The third-order valence-corrected chi connectivity index (χ3v) is 4.01. The molecule has 0 saturated carbocycles. The molecule has 1 unspecified atom stereocenters. The Labute approximate surface area is 129 Å². The Kier molecular flexibility index (Phi) is 5.33. The molecule has 4 nitrogen and oxygen atoms in total. The molecule has 1 aromatic carbocycles. The fourth-order valence-electron chi connectivity index (χ4n) is 2.37. The lowest BCUT2D eigenvalue weighted by atomic mass is 10.0. The van der Waals surface area contributed by atoms with Crippen LogP contribution < -0.4 is 11.3 Å². The highest BCUT2D eigenvalue weighted by atomic mass is 35.5. The first-order chi connectivity index (χ1) is 10.0. The largest absolute Gasteiger partial charge is 0.271 e. The normalized spacial score (nSPS) is 12.6. The zero-order valence-electron chi connectivity index (χ0n) is 12.2. The minimum Gasteiger partial charge on any atom is -0.271 e. The second kappa shape index (κ2) is 7.02. The Morgan fingerprint density at radius 1 is 1.33 bits per heavy atom. The van der Waals surface area contributed by atoms with Gasteiger partial charge in [0, 0.05) is 19.5 Å². The van der Waals surface area contributed by atoms with Crippen LogP contribution in [0.5, 0.6) is 0 Å². The lowest BCUT2D eigenvalue weighted by molar-refractivity contribution is 0.504. The monoisotopic (exact) mass is 310 g/mol. The van der Waals surface area contributed by atoms with Crippen molar-refractivity contribution >= 4 is 11.6 Å². The summed E-state index contributed by atoms with van der Waals surface area (Å²) in [5, 5.41) is 5.11. The first kappa shape index (κ1) is 15.9. The average Bonchev–Trinajstić information content (AvgIpc) is 2.75. The molecular formula is C15H20ClFN4. The third kappa shape index (κ3) is 3.81. The summed E-state index contributed by atoms with van der Waals surface area (Å²) in [7, 11) is 1.88. The summed E-state index contributed by atoms with van der Waals surface area (Å²) in [6, 6.07) is 6.45. The fraction of sp³-hybridized carbons (Fsp3) is 0.400. The number of nitrogens with zero attached hydrogens (tertiary/aromatic N) is 2. The van der Waals surface area contributed by atoms with E-state index in [1.54, 1.807) is 16.8 Å². The lowest BCUT2D eigenvalue weighted by Gasteiger charge is -2.16. The van der Waals surface area contributed by atoms with Gasteiger partial charge in [-0.25, -0.2) is 4.39 Å².